The number of nitrogens with one attached hydrogen (secondary N) is 1. The predicted molar refractivity (Wildman–Crippen MR) is 71.2 cm³/mol. The number of carboxylic acid groups (broad SMARTS) is 1. The minimum atomic E-state index is -0.833. The number of aromatic amines is 1. The van der Waals surface area contributed by atoms with Crippen molar-refractivity contribution in [1.82, 2.24) is 9.97 Å². The maximum atomic E-state index is 9.00. The lowest BCUT2D eigenvalue weighted by Gasteiger charge is -2.03. The SMILES string of the molecule is C=Cc1ccccc1Cc1cnc[nH]1.CC(=O)O. The average Bonchev–Trinajstić information content (AvgIpc) is 2.82. The zero-order chi connectivity index (χ0) is 13.4. The molecule has 0 saturated carbocycles. The number of nitrogens with zero attached hydrogens (tertiary/aromatic N) is 1. The van der Waals surface area contributed by atoms with Crippen molar-refractivity contribution in [3.05, 3.63) is 60.2 Å². The molecule has 0 aliphatic carbocycles. The number of H-pyrrole nitrogens is 1. The number of benzene rings is 1. The van der Waals surface area contributed by atoms with Crippen molar-refractivity contribution in [3.8, 4) is 0 Å². The van der Waals surface area contributed by atoms with Gasteiger partial charge in [-0.05, 0) is 11.1 Å². The second-order valence-electron chi connectivity index (χ2n) is 3.68. The summed E-state index contributed by atoms with van der Waals surface area (Å²) in [4.78, 5) is 16.1. The van der Waals surface area contributed by atoms with Crippen LogP contribution < -0.4 is 0 Å². The summed E-state index contributed by atoms with van der Waals surface area (Å²) in [5, 5.41) is 7.42. The van der Waals surface area contributed by atoms with Crippen molar-refractivity contribution >= 4 is 12.0 Å². The Balaban J connectivity index is 0.000000357. The third-order valence-electron chi connectivity index (χ3n) is 2.21. The van der Waals surface area contributed by atoms with Crippen LogP contribution in [-0.4, -0.2) is 21.0 Å². The van der Waals surface area contributed by atoms with Crippen LogP contribution in [0, 0.1) is 0 Å². The lowest BCUT2D eigenvalue weighted by Crippen LogP contribution is -1.91. The molecule has 4 heteroatoms. The average molecular weight is 244 g/mol. The highest BCUT2D eigenvalue weighted by molar-refractivity contribution is 5.62. The van der Waals surface area contributed by atoms with Gasteiger partial charge in [-0.3, -0.25) is 4.79 Å². The first-order valence-electron chi connectivity index (χ1n) is 5.50. The largest absolute Gasteiger partial charge is 0.481 e. The van der Waals surface area contributed by atoms with Gasteiger partial charge in [0.2, 0.25) is 0 Å². The molecule has 0 aliphatic heterocycles. The number of carbonyl (C=O) groups is 1. The van der Waals surface area contributed by atoms with Crippen LogP contribution in [0.4, 0.5) is 0 Å². The minimum absolute atomic E-state index is 0.833. The van der Waals surface area contributed by atoms with Crippen molar-refractivity contribution < 1.29 is 9.90 Å². The second-order valence-corrected chi connectivity index (χ2v) is 3.68. The third kappa shape index (κ3) is 4.65. The Morgan fingerprint density at radius 1 is 1.50 bits per heavy atom. The molecule has 0 bridgehead atoms. The molecule has 1 aromatic carbocycles. The van der Waals surface area contributed by atoms with Gasteiger partial charge in [0.25, 0.3) is 5.97 Å². The first-order valence-corrected chi connectivity index (χ1v) is 5.50. The lowest BCUT2D eigenvalue weighted by molar-refractivity contribution is -0.134. The van der Waals surface area contributed by atoms with Gasteiger partial charge in [0, 0.05) is 25.2 Å². The molecule has 0 atom stereocenters. The highest BCUT2D eigenvalue weighted by Gasteiger charge is 2.00. The molecule has 0 aliphatic rings. The summed E-state index contributed by atoms with van der Waals surface area (Å²) in [6.07, 6.45) is 6.31. The van der Waals surface area contributed by atoms with Gasteiger partial charge in [-0.25, -0.2) is 4.98 Å². The van der Waals surface area contributed by atoms with Crippen LogP contribution in [-0.2, 0) is 11.2 Å². The van der Waals surface area contributed by atoms with E-state index in [-0.39, 0.29) is 0 Å². The van der Waals surface area contributed by atoms with E-state index >= 15 is 0 Å². The molecular weight excluding hydrogens is 228 g/mol. The molecule has 0 radical (unpaired) electrons. The van der Waals surface area contributed by atoms with Crippen molar-refractivity contribution in [2.24, 2.45) is 0 Å². The molecule has 2 rings (SSSR count). The number of rotatable bonds is 3. The molecule has 2 aromatic rings. The van der Waals surface area contributed by atoms with Crippen molar-refractivity contribution in [1.29, 1.82) is 0 Å². The lowest BCUT2D eigenvalue weighted by atomic mass is 10.0. The van der Waals surface area contributed by atoms with Gasteiger partial charge in [0.15, 0.2) is 0 Å². The smallest absolute Gasteiger partial charge is 0.300 e. The molecule has 4 nitrogen and oxygen atoms in total. The first kappa shape index (κ1) is 13.7. The van der Waals surface area contributed by atoms with E-state index in [2.05, 4.69) is 28.7 Å². The van der Waals surface area contributed by atoms with E-state index in [0.29, 0.717) is 0 Å². The van der Waals surface area contributed by atoms with E-state index in [9.17, 15) is 0 Å². The standard InChI is InChI=1S/C12H12N2.C2H4O2/c1-2-10-5-3-4-6-11(10)7-12-8-13-9-14-12;1-2(3)4/h2-6,8-9H,1,7H2,(H,13,14);1H3,(H,3,4). The quantitative estimate of drug-likeness (QED) is 0.872. The Morgan fingerprint density at radius 3 is 2.72 bits per heavy atom. The van der Waals surface area contributed by atoms with Gasteiger partial charge in [0.05, 0.1) is 6.33 Å². The van der Waals surface area contributed by atoms with E-state index in [1.54, 1.807) is 6.33 Å². The van der Waals surface area contributed by atoms with Gasteiger partial charge in [-0.1, -0.05) is 36.9 Å². The summed E-state index contributed by atoms with van der Waals surface area (Å²) in [5.74, 6) is -0.833. The Hall–Kier alpha value is -2.36. The van der Waals surface area contributed by atoms with Crippen LogP contribution in [0.2, 0.25) is 0 Å². The van der Waals surface area contributed by atoms with Crippen LogP contribution in [0.5, 0.6) is 0 Å². The summed E-state index contributed by atoms with van der Waals surface area (Å²) in [5.41, 5.74) is 3.58. The Labute approximate surface area is 106 Å². The Bertz CT molecular complexity index is 500. The highest BCUT2D eigenvalue weighted by atomic mass is 16.4. The number of aromatic nitrogens is 2. The van der Waals surface area contributed by atoms with Crippen LogP contribution in [0.25, 0.3) is 6.08 Å². The molecule has 0 saturated heterocycles. The van der Waals surface area contributed by atoms with Crippen molar-refractivity contribution in [2.45, 2.75) is 13.3 Å². The molecule has 0 spiro atoms. The maximum Gasteiger partial charge on any atom is 0.300 e. The van der Waals surface area contributed by atoms with Gasteiger partial charge in [0.1, 0.15) is 0 Å². The monoisotopic (exact) mass is 244 g/mol. The van der Waals surface area contributed by atoms with E-state index < -0.39 is 5.97 Å². The van der Waals surface area contributed by atoms with Crippen molar-refractivity contribution in [3.63, 3.8) is 0 Å². The fourth-order valence-electron chi connectivity index (χ4n) is 1.48. The van der Waals surface area contributed by atoms with Gasteiger partial charge in [-0.2, -0.15) is 0 Å². The van der Waals surface area contributed by atoms with Gasteiger partial charge < -0.3 is 10.1 Å². The van der Waals surface area contributed by atoms with E-state index in [1.165, 1.54) is 11.1 Å². The third-order valence-corrected chi connectivity index (χ3v) is 2.21. The molecule has 1 heterocycles. The van der Waals surface area contributed by atoms with E-state index in [1.807, 2.05) is 24.4 Å². The zero-order valence-corrected chi connectivity index (χ0v) is 10.3. The van der Waals surface area contributed by atoms with Crippen LogP contribution in [0.3, 0.4) is 0 Å². The van der Waals surface area contributed by atoms with E-state index in [4.69, 9.17) is 9.90 Å². The number of imidazole rings is 1. The van der Waals surface area contributed by atoms with Crippen LogP contribution >= 0.6 is 0 Å². The molecule has 2 N–H and O–H groups in total. The molecule has 0 fully saturated rings. The summed E-state index contributed by atoms with van der Waals surface area (Å²) in [6, 6.07) is 8.24. The topological polar surface area (TPSA) is 66.0 Å². The number of carboxylic acids is 1. The summed E-state index contributed by atoms with van der Waals surface area (Å²) in [7, 11) is 0. The molecule has 18 heavy (non-hydrogen) atoms. The maximum absolute atomic E-state index is 9.00. The fourth-order valence-corrected chi connectivity index (χ4v) is 1.48. The number of aliphatic carboxylic acids is 1. The predicted octanol–water partition coefficient (Wildman–Crippen LogP) is 2.73. The Kier molecular flexibility index (Phi) is 5.38. The fraction of sp³-hybridized carbons (Fsp3) is 0.143. The molecular formula is C14H16N2O2. The van der Waals surface area contributed by atoms with Crippen molar-refractivity contribution in [2.75, 3.05) is 0 Å². The summed E-state index contributed by atoms with van der Waals surface area (Å²) >= 11 is 0. The Morgan fingerprint density at radius 2 is 2.17 bits per heavy atom. The molecule has 0 amide bonds. The minimum Gasteiger partial charge on any atom is -0.481 e. The zero-order valence-electron chi connectivity index (χ0n) is 10.3. The van der Waals surface area contributed by atoms with E-state index in [0.717, 1.165) is 19.0 Å². The molecule has 0 unspecified atom stereocenters. The van der Waals surface area contributed by atoms with Crippen LogP contribution in [0.15, 0.2) is 43.4 Å². The van der Waals surface area contributed by atoms with Crippen LogP contribution in [0.1, 0.15) is 23.7 Å². The van der Waals surface area contributed by atoms with Gasteiger partial charge in [-0.15, -0.1) is 0 Å². The number of hydrogen-bond acceptors (Lipinski definition) is 2. The first-order chi connectivity index (χ1) is 8.63. The normalized spacial score (nSPS) is 9.17. The summed E-state index contributed by atoms with van der Waals surface area (Å²) in [6.45, 7) is 4.88. The second kappa shape index (κ2) is 7.06. The highest BCUT2D eigenvalue weighted by Crippen LogP contribution is 2.13. The molecule has 94 valence electrons. The molecule has 1 aromatic heterocycles. The van der Waals surface area contributed by atoms with Gasteiger partial charge >= 0.3 is 0 Å². The number of hydrogen-bond donors (Lipinski definition) is 2. The summed E-state index contributed by atoms with van der Waals surface area (Å²) < 4.78 is 0.